The third-order valence-electron chi connectivity index (χ3n) is 6.78. The summed E-state index contributed by atoms with van der Waals surface area (Å²) in [5, 5.41) is 19.8. The van der Waals surface area contributed by atoms with Gasteiger partial charge < -0.3 is 43.6 Å². The molecule has 0 aliphatic carbocycles. The SMILES string of the molecule is CC(C)C[C@H](NC(=O)[C@H](Cc1ccccc1)NC(=O)CNC(=O)[C@@H](CCCN)NC(=O)[C@@H](N)Cc1ccc(O)cc1)C(N)=O. The number of phenols is 1. The molecule has 4 atom stereocenters. The molecule has 0 heterocycles. The van der Waals surface area contributed by atoms with Crippen molar-refractivity contribution in [2.24, 2.45) is 23.1 Å². The molecular formula is C31H45N7O6. The Morgan fingerprint density at radius 3 is 1.98 bits per heavy atom. The van der Waals surface area contributed by atoms with Crippen molar-refractivity contribution >= 4 is 29.5 Å². The van der Waals surface area contributed by atoms with Gasteiger partial charge in [-0.3, -0.25) is 24.0 Å². The molecule has 2 rings (SSSR count). The number of hydrogen-bond acceptors (Lipinski definition) is 8. The average Bonchev–Trinajstić information content (AvgIpc) is 2.98. The molecule has 5 amide bonds. The zero-order chi connectivity index (χ0) is 32.6. The first-order valence-corrected chi connectivity index (χ1v) is 14.6. The van der Waals surface area contributed by atoms with E-state index in [0.29, 0.717) is 12.8 Å². The zero-order valence-electron chi connectivity index (χ0n) is 25.3. The van der Waals surface area contributed by atoms with Gasteiger partial charge in [-0.1, -0.05) is 56.3 Å². The van der Waals surface area contributed by atoms with Crippen LogP contribution in [-0.4, -0.2) is 71.9 Å². The largest absolute Gasteiger partial charge is 0.508 e. The van der Waals surface area contributed by atoms with E-state index in [1.165, 1.54) is 12.1 Å². The molecule has 2 aromatic carbocycles. The molecule has 0 saturated carbocycles. The molecule has 13 nitrogen and oxygen atoms in total. The lowest BCUT2D eigenvalue weighted by molar-refractivity contribution is -0.132. The van der Waals surface area contributed by atoms with E-state index >= 15 is 0 Å². The van der Waals surface area contributed by atoms with Crippen molar-refractivity contribution in [2.75, 3.05) is 13.1 Å². The van der Waals surface area contributed by atoms with Gasteiger partial charge in [0.2, 0.25) is 29.5 Å². The summed E-state index contributed by atoms with van der Waals surface area (Å²) in [6.07, 6.45) is 1.28. The first kappa shape index (κ1) is 35.7. The van der Waals surface area contributed by atoms with Crippen LogP contribution in [0.2, 0.25) is 0 Å². The molecule has 11 N–H and O–H groups in total. The number of benzene rings is 2. The van der Waals surface area contributed by atoms with Crippen LogP contribution in [-0.2, 0) is 36.8 Å². The molecule has 0 aromatic heterocycles. The number of nitrogens with two attached hydrogens (primary N) is 3. The minimum Gasteiger partial charge on any atom is -0.508 e. The van der Waals surface area contributed by atoms with E-state index in [4.69, 9.17) is 17.2 Å². The van der Waals surface area contributed by atoms with Crippen LogP contribution in [0.1, 0.15) is 44.2 Å². The van der Waals surface area contributed by atoms with Gasteiger partial charge in [0.1, 0.15) is 23.9 Å². The Kier molecular flexibility index (Phi) is 14.8. The summed E-state index contributed by atoms with van der Waals surface area (Å²) in [6.45, 7) is 3.58. The third kappa shape index (κ3) is 12.8. The predicted octanol–water partition coefficient (Wildman–Crippen LogP) is -0.654. The van der Waals surface area contributed by atoms with Crippen LogP contribution in [0, 0.1) is 5.92 Å². The molecule has 240 valence electrons. The van der Waals surface area contributed by atoms with Gasteiger partial charge in [-0.05, 0) is 61.4 Å². The number of aromatic hydroxyl groups is 1. The van der Waals surface area contributed by atoms with Crippen LogP contribution >= 0.6 is 0 Å². The Morgan fingerprint density at radius 2 is 1.39 bits per heavy atom. The minimum absolute atomic E-state index is 0.0836. The molecule has 13 heteroatoms. The van der Waals surface area contributed by atoms with E-state index in [9.17, 15) is 29.1 Å². The van der Waals surface area contributed by atoms with E-state index in [1.807, 2.05) is 19.9 Å². The Bertz CT molecular complexity index is 1240. The highest BCUT2D eigenvalue weighted by Gasteiger charge is 2.28. The zero-order valence-corrected chi connectivity index (χ0v) is 25.3. The Labute approximate surface area is 257 Å². The quantitative estimate of drug-likeness (QED) is 0.108. The van der Waals surface area contributed by atoms with E-state index in [0.717, 1.165) is 11.1 Å². The standard InChI is InChI=1S/C31H45N7O6/c1-19(2)15-25(28(34)41)38-31(44)26(17-20-7-4-3-5-8-20)36-27(40)18-35-30(43)24(9-6-14-32)37-29(42)23(33)16-21-10-12-22(39)13-11-21/h3-5,7-8,10-13,19,23-26,39H,6,9,14-18,32-33H2,1-2H3,(H2,34,41)(H,35,43)(H,36,40)(H,37,42)(H,38,44)/t23-,24+,25-,26-/m0/s1. The normalized spacial score (nSPS) is 13.7. The fourth-order valence-corrected chi connectivity index (χ4v) is 4.43. The number of primary amides is 1. The summed E-state index contributed by atoms with van der Waals surface area (Å²) in [4.78, 5) is 63.8. The lowest BCUT2D eigenvalue weighted by atomic mass is 10.0. The highest BCUT2D eigenvalue weighted by atomic mass is 16.3. The second kappa shape index (κ2) is 18.2. The summed E-state index contributed by atoms with van der Waals surface area (Å²) in [5.74, 6) is -2.94. The monoisotopic (exact) mass is 611 g/mol. The molecule has 0 saturated heterocycles. The highest BCUT2D eigenvalue weighted by molar-refractivity contribution is 5.94. The van der Waals surface area contributed by atoms with Crippen LogP contribution < -0.4 is 38.5 Å². The van der Waals surface area contributed by atoms with Gasteiger partial charge in [0.05, 0.1) is 12.6 Å². The van der Waals surface area contributed by atoms with Gasteiger partial charge in [-0.15, -0.1) is 0 Å². The summed E-state index contributed by atoms with van der Waals surface area (Å²) < 4.78 is 0. The molecule has 0 aliphatic rings. The van der Waals surface area contributed by atoms with Gasteiger partial charge in [-0.2, -0.15) is 0 Å². The topological polar surface area (TPSA) is 232 Å². The molecule has 2 aromatic rings. The van der Waals surface area contributed by atoms with Crippen LogP contribution in [0.5, 0.6) is 5.75 Å². The van der Waals surface area contributed by atoms with Crippen molar-refractivity contribution in [1.82, 2.24) is 21.3 Å². The number of hydrogen-bond donors (Lipinski definition) is 8. The summed E-state index contributed by atoms with van der Waals surface area (Å²) in [7, 11) is 0. The minimum atomic E-state index is -1.05. The van der Waals surface area contributed by atoms with E-state index in [1.54, 1.807) is 36.4 Å². The molecule has 0 fully saturated rings. The second-order valence-electron chi connectivity index (χ2n) is 11.1. The highest BCUT2D eigenvalue weighted by Crippen LogP contribution is 2.11. The predicted molar refractivity (Wildman–Crippen MR) is 166 cm³/mol. The number of carbonyl (C=O) groups is 5. The summed E-state index contributed by atoms with van der Waals surface area (Å²) in [5.41, 5.74) is 18.6. The number of amides is 5. The van der Waals surface area contributed by atoms with Crippen LogP contribution in [0.3, 0.4) is 0 Å². The van der Waals surface area contributed by atoms with E-state index in [-0.39, 0.29) is 37.5 Å². The fraction of sp³-hybridized carbons (Fsp3) is 0.452. The molecule has 0 unspecified atom stereocenters. The lowest BCUT2D eigenvalue weighted by Gasteiger charge is -2.23. The van der Waals surface area contributed by atoms with E-state index in [2.05, 4.69) is 21.3 Å². The van der Waals surface area contributed by atoms with Crippen molar-refractivity contribution in [3.05, 3.63) is 65.7 Å². The van der Waals surface area contributed by atoms with Crippen molar-refractivity contribution in [1.29, 1.82) is 0 Å². The van der Waals surface area contributed by atoms with Gasteiger partial charge in [-0.25, -0.2) is 0 Å². The number of rotatable bonds is 18. The van der Waals surface area contributed by atoms with Gasteiger partial charge in [0.15, 0.2) is 0 Å². The average molecular weight is 612 g/mol. The fourth-order valence-electron chi connectivity index (χ4n) is 4.43. The van der Waals surface area contributed by atoms with Gasteiger partial charge in [0.25, 0.3) is 0 Å². The van der Waals surface area contributed by atoms with Crippen molar-refractivity contribution < 1.29 is 29.1 Å². The smallest absolute Gasteiger partial charge is 0.243 e. The van der Waals surface area contributed by atoms with Gasteiger partial charge >= 0.3 is 0 Å². The third-order valence-corrected chi connectivity index (χ3v) is 6.78. The second-order valence-corrected chi connectivity index (χ2v) is 11.1. The first-order chi connectivity index (χ1) is 20.9. The maximum atomic E-state index is 13.2. The molecule has 0 radical (unpaired) electrons. The van der Waals surface area contributed by atoms with Gasteiger partial charge in [0, 0.05) is 6.42 Å². The van der Waals surface area contributed by atoms with Crippen LogP contribution in [0.15, 0.2) is 54.6 Å². The lowest BCUT2D eigenvalue weighted by Crippen LogP contribution is -2.56. The Balaban J connectivity index is 2.04. The van der Waals surface area contributed by atoms with Crippen molar-refractivity contribution in [2.45, 2.75) is 70.1 Å². The number of nitrogens with one attached hydrogen (secondary N) is 4. The summed E-state index contributed by atoms with van der Waals surface area (Å²) in [6, 6.07) is 11.3. The maximum Gasteiger partial charge on any atom is 0.243 e. The Morgan fingerprint density at radius 1 is 0.773 bits per heavy atom. The molecule has 44 heavy (non-hydrogen) atoms. The Hall–Kier alpha value is -4.49. The molecule has 0 bridgehead atoms. The maximum absolute atomic E-state index is 13.2. The van der Waals surface area contributed by atoms with Crippen LogP contribution in [0.4, 0.5) is 0 Å². The van der Waals surface area contributed by atoms with Crippen molar-refractivity contribution in [3.63, 3.8) is 0 Å². The van der Waals surface area contributed by atoms with Crippen molar-refractivity contribution in [3.8, 4) is 5.75 Å². The number of carbonyl (C=O) groups excluding carboxylic acids is 5. The first-order valence-electron chi connectivity index (χ1n) is 14.6. The molecule has 0 aliphatic heterocycles. The molecule has 0 spiro atoms. The number of phenolic OH excluding ortho intramolecular Hbond substituents is 1. The van der Waals surface area contributed by atoms with E-state index < -0.39 is 60.2 Å². The van der Waals surface area contributed by atoms with Crippen LogP contribution in [0.25, 0.3) is 0 Å². The molecular weight excluding hydrogens is 566 g/mol. The summed E-state index contributed by atoms with van der Waals surface area (Å²) >= 11 is 0.